The number of nitro groups is 1. The zero-order valence-corrected chi connectivity index (χ0v) is 10.4. The zero-order chi connectivity index (χ0) is 13.1. The first kappa shape index (κ1) is 12.8. The summed E-state index contributed by atoms with van der Waals surface area (Å²) in [6, 6.07) is 4.61. The molecule has 1 fully saturated rings. The highest BCUT2D eigenvalue weighted by Gasteiger charge is 2.29. The summed E-state index contributed by atoms with van der Waals surface area (Å²) in [4.78, 5) is 12.4. The van der Waals surface area contributed by atoms with Crippen LogP contribution in [0.3, 0.4) is 0 Å². The third-order valence-electron chi connectivity index (χ3n) is 3.56. The van der Waals surface area contributed by atoms with Gasteiger partial charge in [0.15, 0.2) is 0 Å². The third kappa shape index (κ3) is 2.30. The molecule has 5 heteroatoms. The van der Waals surface area contributed by atoms with Gasteiger partial charge in [-0.25, -0.2) is 0 Å². The number of rotatable bonds is 3. The van der Waals surface area contributed by atoms with Crippen molar-refractivity contribution in [3.8, 4) is 0 Å². The van der Waals surface area contributed by atoms with Crippen molar-refractivity contribution in [2.24, 2.45) is 0 Å². The van der Waals surface area contributed by atoms with Crippen LogP contribution in [-0.4, -0.2) is 17.5 Å². The Morgan fingerprint density at radius 1 is 1.50 bits per heavy atom. The van der Waals surface area contributed by atoms with Crippen molar-refractivity contribution in [2.75, 3.05) is 11.4 Å². The Morgan fingerprint density at radius 3 is 2.94 bits per heavy atom. The van der Waals surface area contributed by atoms with Gasteiger partial charge in [-0.05, 0) is 37.8 Å². The van der Waals surface area contributed by atoms with E-state index in [4.69, 9.17) is 0 Å². The molecule has 1 atom stereocenters. The minimum absolute atomic E-state index is 0.277. The van der Waals surface area contributed by atoms with Gasteiger partial charge in [0.25, 0.3) is 0 Å². The number of halogens is 1. The van der Waals surface area contributed by atoms with Crippen molar-refractivity contribution < 1.29 is 9.31 Å². The molecule has 1 aromatic carbocycles. The van der Waals surface area contributed by atoms with Crippen molar-refractivity contribution in [2.45, 2.75) is 38.6 Å². The largest absolute Gasteiger partial charge is 0.363 e. The quantitative estimate of drug-likeness (QED) is 0.611. The maximum atomic E-state index is 13.6. The van der Waals surface area contributed by atoms with Crippen molar-refractivity contribution >= 4 is 11.4 Å². The molecule has 4 nitrogen and oxygen atoms in total. The fourth-order valence-corrected chi connectivity index (χ4v) is 2.66. The van der Waals surface area contributed by atoms with Gasteiger partial charge in [-0.3, -0.25) is 10.1 Å². The summed E-state index contributed by atoms with van der Waals surface area (Å²) in [5, 5.41) is 11.0. The highest BCUT2D eigenvalue weighted by atomic mass is 19.1. The average molecular weight is 252 g/mol. The normalized spacial score (nSPS) is 19.9. The van der Waals surface area contributed by atoms with Crippen LogP contribution >= 0.6 is 0 Å². The molecule has 1 aliphatic heterocycles. The fourth-order valence-electron chi connectivity index (χ4n) is 2.66. The Kier molecular flexibility index (Phi) is 3.79. The molecule has 0 saturated carbocycles. The molecule has 98 valence electrons. The number of para-hydroxylation sites is 1. The van der Waals surface area contributed by atoms with E-state index in [2.05, 4.69) is 6.92 Å². The molecule has 1 saturated heterocycles. The SMILES string of the molecule is CCC1CCCCN1c1cccc(F)c1[N+](=O)[O-]. The van der Waals surface area contributed by atoms with Crippen LogP contribution in [0.2, 0.25) is 0 Å². The zero-order valence-electron chi connectivity index (χ0n) is 10.4. The van der Waals surface area contributed by atoms with Crippen molar-refractivity contribution in [1.82, 2.24) is 0 Å². The Balaban J connectivity index is 2.42. The Hall–Kier alpha value is -1.65. The van der Waals surface area contributed by atoms with E-state index in [9.17, 15) is 14.5 Å². The summed E-state index contributed by atoms with van der Waals surface area (Å²) in [6.45, 7) is 2.83. The monoisotopic (exact) mass is 252 g/mol. The van der Waals surface area contributed by atoms with E-state index in [1.54, 1.807) is 12.1 Å². The lowest BCUT2D eigenvalue weighted by molar-refractivity contribution is -0.386. The van der Waals surface area contributed by atoms with Gasteiger partial charge in [0.05, 0.1) is 4.92 Å². The first-order chi connectivity index (χ1) is 8.65. The van der Waals surface area contributed by atoms with Gasteiger partial charge in [0.1, 0.15) is 5.69 Å². The van der Waals surface area contributed by atoms with Crippen molar-refractivity contribution in [1.29, 1.82) is 0 Å². The van der Waals surface area contributed by atoms with Gasteiger partial charge in [-0.1, -0.05) is 13.0 Å². The molecular weight excluding hydrogens is 235 g/mol. The van der Waals surface area contributed by atoms with Gasteiger partial charge in [-0.2, -0.15) is 4.39 Å². The second-order valence-electron chi connectivity index (χ2n) is 4.62. The van der Waals surface area contributed by atoms with E-state index in [0.29, 0.717) is 5.69 Å². The highest BCUT2D eigenvalue weighted by molar-refractivity contribution is 5.64. The molecule has 0 amide bonds. The van der Waals surface area contributed by atoms with Gasteiger partial charge in [0, 0.05) is 12.6 Å². The maximum absolute atomic E-state index is 13.6. The average Bonchev–Trinajstić information content (AvgIpc) is 2.38. The highest BCUT2D eigenvalue weighted by Crippen LogP contribution is 2.35. The first-order valence-corrected chi connectivity index (χ1v) is 6.34. The van der Waals surface area contributed by atoms with E-state index in [1.165, 1.54) is 0 Å². The Morgan fingerprint density at radius 2 is 2.28 bits per heavy atom. The van der Waals surface area contributed by atoms with Gasteiger partial charge < -0.3 is 4.90 Å². The summed E-state index contributed by atoms with van der Waals surface area (Å²) in [7, 11) is 0. The minimum atomic E-state index is -0.752. The lowest BCUT2D eigenvalue weighted by atomic mass is 9.99. The summed E-state index contributed by atoms with van der Waals surface area (Å²) < 4.78 is 13.6. The smallest absolute Gasteiger partial charge is 0.327 e. The third-order valence-corrected chi connectivity index (χ3v) is 3.56. The predicted molar refractivity (Wildman–Crippen MR) is 68.3 cm³/mol. The van der Waals surface area contributed by atoms with E-state index in [1.807, 2.05) is 4.90 Å². The number of nitrogens with zero attached hydrogens (tertiary/aromatic N) is 2. The summed E-state index contributed by atoms with van der Waals surface area (Å²) >= 11 is 0. The second kappa shape index (κ2) is 5.33. The minimum Gasteiger partial charge on any atom is -0.363 e. The van der Waals surface area contributed by atoms with E-state index in [0.717, 1.165) is 38.3 Å². The lowest BCUT2D eigenvalue weighted by Crippen LogP contribution is -2.39. The summed E-state index contributed by atoms with van der Waals surface area (Å²) in [5.41, 5.74) is 0.0319. The number of anilines is 1. The van der Waals surface area contributed by atoms with Gasteiger partial charge in [0.2, 0.25) is 5.82 Å². The maximum Gasteiger partial charge on any atom is 0.327 e. The molecule has 0 aromatic heterocycles. The standard InChI is InChI=1S/C13H17FN2O2/c1-2-10-6-3-4-9-15(10)12-8-5-7-11(14)13(12)16(17)18/h5,7-8,10H,2-4,6,9H2,1H3. The van der Waals surface area contributed by atoms with Crippen LogP contribution in [0.1, 0.15) is 32.6 Å². The molecule has 18 heavy (non-hydrogen) atoms. The first-order valence-electron chi connectivity index (χ1n) is 6.34. The van der Waals surface area contributed by atoms with Crippen LogP contribution in [0.5, 0.6) is 0 Å². The molecule has 0 radical (unpaired) electrons. The Labute approximate surface area is 106 Å². The number of hydrogen-bond donors (Lipinski definition) is 0. The van der Waals surface area contributed by atoms with Crippen LogP contribution in [0.25, 0.3) is 0 Å². The molecule has 0 spiro atoms. The van der Waals surface area contributed by atoms with E-state index < -0.39 is 16.4 Å². The van der Waals surface area contributed by atoms with Gasteiger partial charge in [-0.15, -0.1) is 0 Å². The molecule has 1 aliphatic rings. The molecule has 0 bridgehead atoms. The lowest BCUT2D eigenvalue weighted by Gasteiger charge is -2.36. The Bertz CT molecular complexity index is 451. The van der Waals surface area contributed by atoms with Crippen LogP contribution in [0.15, 0.2) is 18.2 Å². The van der Waals surface area contributed by atoms with E-state index >= 15 is 0 Å². The molecule has 0 N–H and O–H groups in total. The summed E-state index contributed by atoms with van der Waals surface area (Å²) in [6.07, 6.45) is 4.08. The van der Waals surface area contributed by atoms with E-state index in [-0.39, 0.29) is 6.04 Å². The van der Waals surface area contributed by atoms with Gasteiger partial charge >= 0.3 is 5.69 Å². The fraction of sp³-hybridized carbons (Fsp3) is 0.538. The molecule has 2 rings (SSSR count). The second-order valence-corrected chi connectivity index (χ2v) is 4.62. The van der Waals surface area contributed by atoms with Crippen LogP contribution in [0.4, 0.5) is 15.8 Å². The summed E-state index contributed by atoms with van der Waals surface area (Å²) in [5.74, 6) is -0.752. The number of benzene rings is 1. The molecule has 1 unspecified atom stereocenters. The molecule has 1 aromatic rings. The topological polar surface area (TPSA) is 46.4 Å². The number of hydrogen-bond acceptors (Lipinski definition) is 3. The molecule has 1 heterocycles. The van der Waals surface area contributed by atoms with Crippen molar-refractivity contribution in [3.05, 3.63) is 34.1 Å². The van der Waals surface area contributed by atoms with Crippen molar-refractivity contribution in [3.63, 3.8) is 0 Å². The van der Waals surface area contributed by atoms with Crippen LogP contribution < -0.4 is 4.90 Å². The van der Waals surface area contributed by atoms with Crippen LogP contribution in [0, 0.1) is 15.9 Å². The predicted octanol–water partition coefficient (Wildman–Crippen LogP) is 3.50. The molecule has 0 aliphatic carbocycles. The number of piperidine rings is 1. The molecular formula is C13H17FN2O2. The van der Waals surface area contributed by atoms with Crippen LogP contribution in [-0.2, 0) is 0 Å². The number of nitro benzene ring substituents is 1.